The number of anilines is 1. The molecular weight excluding hydrogens is 313 g/mol. The summed E-state index contributed by atoms with van der Waals surface area (Å²) in [6.45, 7) is 1.27. The number of hydrogen-bond acceptors (Lipinski definition) is 4. The van der Waals surface area contributed by atoms with Gasteiger partial charge in [0.2, 0.25) is 0 Å². The van der Waals surface area contributed by atoms with Crippen LogP contribution in [0, 0.1) is 5.82 Å². The normalized spacial score (nSPS) is 13.8. The lowest BCUT2D eigenvalue weighted by atomic mass is 10.3. The van der Waals surface area contributed by atoms with E-state index in [1.807, 2.05) is 18.2 Å². The number of benzene rings is 2. The van der Waals surface area contributed by atoms with E-state index in [4.69, 9.17) is 26.8 Å². The molecule has 0 amide bonds. The van der Waals surface area contributed by atoms with Crippen LogP contribution in [-0.2, 0) is 0 Å². The molecule has 0 spiro atoms. The molecule has 0 saturated carbocycles. The summed E-state index contributed by atoms with van der Waals surface area (Å²) < 4.78 is 24.8. The van der Waals surface area contributed by atoms with Gasteiger partial charge in [-0.15, -0.1) is 0 Å². The first-order valence-corrected chi connectivity index (χ1v) is 7.65. The maximum Gasteiger partial charge on any atom is 0.162 e. The van der Waals surface area contributed by atoms with Gasteiger partial charge in [-0.05, 0) is 30.3 Å². The fourth-order valence-corrected chi connectivity index (χ4v) is 3.03. The Labute approximate surface area is 131 Å². The van der Waals surface area contributed by atoms with Crippen molar-refractivity contribution in [2.24, 2.45) is 0 Å². The van der Waals surface area contributed by atoms with Crippen molar-refractivity contribution >= 4 is 29.1 Å². The summed E-state index contributed by atoms with van der Waals surface area (Å²) in [6, 6.07) is 8.38. The van der Waals surface area contributed by atoms with Crippen LogP contribution in [0.4, 0.5) is 10.1 Å². The molecule has 0 unspecified atom stereocenters. The van der Waals surface area contributed by atoms with E-state index >= 15 is 0 Å². The number of halogens is 2. The molecule has 6 heteroatoms. The van der Waals surface area contributed by atoms with Gasteiger partial charge in [-0.3, -0.25) is 0 Å². The molecular formula is C15H13ClFNO2S. The van der Waals surface area contributed by atoms with Crippen molar-refractivity contribution in [3.8, 4) is 11.5 Å². The zero-order valence-corrected chi connectivity index (χ0v) is 12.6. The highest BCUT2D eigenvalue weighted by Crippen LogP contribution is 2.39. The van der Waals surface area contributed by atoms with Crippen LogP contribution in [0.2, 0.25) is 5.02 Å². The Morgan fingerprint density at radius 2 is 1.86 bits per heavy atom. The van der Waals surface area contributed by atoms with E-state index in [0.717, 1.165) is 17.1 Å². The number of rotatable bonds is 2. The van der Waals surface area contributed by atoms with Crippen LogP contribution in [0.1, 0.15) is 6.42 Å². The molecule has 3 rings (SSSR count). The molecule has 2 aromatic rings. The zero-order chi connectivity index (χ0) is 14.8. The van der Waals surface area contributed by atoms with Gasteiger partial charge in [0.1, 0.15) is 5.82 Å². The highest BCUT2D eigenvalue weighted by Gasteiger charge is 2.13. The summed E-state index contributed by atoms with van der Waals surface area (Å²) in [7, 11) is 0. The third kappa shape index (κ3) is 3.19. The molecule has 0 fully saturated rings. The second-order valence-electron chi connectivity index (χ2n) is 4.57. The average Bonchev–Trinajstić information content (AvgIpc) is 2.69. The fourth-order valence-electron chi connectivity index (χ4n) is 1.97. The van der Waals surface area contributed by atoms with Gasteiger partial charge >= 0.3 is 0 Å². The number of nitrogens with two attached hydrogens (primary N) is 1. The monoisotopic (exact) mass is 325 g/mol. The number of fused-ring (bicyclic) bond motifs is 1. The van der Waals surface area contributed by atoms with E-state index in [1.54, 1.807) is 0 Å². The predicted molar refractivity (Wildman–Crippen MR) is 82.0 cm³/mol. The maximum atomic E-state index is 13.5. The number of ether oxygens (including phenoxy) is 2. The van der Waals surface area contributed by atoms with Crippen molar-refractivity contribution in [1.82, 2.24) is 0 Å². The Balaban J connectivity index is 1.88. The predicted octanol–water partition coefficient (Wildman–Crippen LogP) is 4.37. The van der Waals surface area contributed by atoms with Gasteiger partial charge in [0.15, 0.2) is 11.5 Å². The lowest BCUT2D eigenvalue weighted by Crippen LogP contribution is -1.97. The largest absolute Gasteiger partial charge is 0.490 e. The first-order valence-electron chi connectivity index (χ1n) is 6.45. The van der Waals surface area contributed by atoms with E-state index in [-0.39, 0.29) is 5.02 Å². The van der Waals surface area contributed by atoms with Gasteiger partial charge < -0.3 is 15.2 Å². The quantitative estimate of drug-likeness (QED) is 0.832. The minimum absolute atomic E-state index is 0.0236. The Kier molecular flexibility index (Phi) is 4.12. The van der Waals surface area contributed by atoms with Gasteiger partial charge in [-0.1, -0.05) is 23.4 Å². The van der Waals surface area contributed by atoms with E-state index in [0.29, 0.717) is 29.5 Å². The van der Waals surface area contributed by atoms with Crippen molar-refractivity contribution < 1.29 is 13.9 Å². The smallest absolute Gasteiger partial charge is 0.162 e. The molecule has 1 aliphatic heterocycles. The molecule has 1 aliphatic rings. The molecule has 21 heavy (non-hydrogen) atoms. The molecule has 3 nitrogen and oxygen atoms in total. The Hall–Kier alpha value is -1.59. The van der Waals surface area contributed by atoms with Crippen molar-refractivity contribution in [2.45, 2.75) is 16.2 Å². The Bertz CT molecular complexity index is 681. The zero-order valence-electron chi connectivity index (χ0n) is 11.1. The third-order valence-electron chi connectivity index (χ3n) is 3.00. The molecule has 0 aromatic heterocycles. The molecule has 0 bridgehead atoms. The summed E-state index contributed by atoms with van der Waals surface area (Å²) in [5, 5.41) is 0.0236. The highest BCUT2D eigenvalue weighted by molar-refractivity contribution is 7.99. The summed E-state index contributed by atoms with van der Waals surface area (Å²) >= 11 is 7.06. The van der Waals surface area contributed by atoms with E-state index in [9.17, 15) is 4.39 Å². The molecule has 0 radical (unpaired) electrons. The lowest BCUT2D eigenvalue weighted by Gasteiger charge is -2.10. The van der Waals surface area contributed by atoms with E-state index in [1.165, 1.54) is 23.9 Å². The maximum absolute atomic E-state index is 13.5. The summed E-state index contributed by atoms with van der Waals surface area (Å²) in [6.07, 6.45) is 0.854. The SMILES string of the molecule is Nc1cc(Cl)c(F)cc1Sc1ccc2c(c1)OCCCO2. The van der Waals surface area contributed by atoms with Crippen LogP contribution in [0.15, 0.2) is 40.1 Å². The van der Waals surface area contributed by atoms with Crippen molar-refractivity contribution in [3.05, 3.63) is 41.2 Å². The van der Waals surface area contributed by atoms with E-state index in [2.05, 4.69) is 0 Å². The molecule has 0 atom stereocenters. The molecule has 1 heterocycles. The molecule has 0 saturated heterocycles. The summed E-state index contributed by atoms with van der Waals surface area (Å²) in [4.78, 5) is 1.51. The summed E-state index contributed by atoms with van der Waals surface area (Å²) in [5.74, 6) is 0.945. The fraction of sp³-hybridized carbons (Fsp3) is 0.200. The van der Waals surface area contributed by atoms with Crippen molar-refractivity contribution in [3.63, 3.8) is 0 Å². The lowest BCUT2D eigenvalue weighted by molar-refractivity contribution is 0.297. The second kappa shape index (κ2) is 6.03. The van der Waals surface area contributed by atoms with Crippen LogP contribution in [-0.4, -0.2) is 13.2 Å². The molecule has 110 valence electrons. The van der Waals surface area contributed by atoms with E-state index < -0.39 is 5.82 Å². The van der Waals surface area contributed by atoms with Gasteiger partial charge in [-0.25, -0.2) is 4.39 Å². The van der Waals surface area contributed by atoms with Crippen LogP contribution in [0.5, 0.6) is 11.5 Å². The number of hydrogen-bond donors (Lipinski definition) is 1. The highest BCUT2D eigenvalue weighted by atomic mass is 35.5. The third-order valence-corrected chi connectivity index (χ3v) is 4.35. The minimum Gasteiger partial charge on any atom is -0.490 e. The Morgan fingerprint density at radius 1 is 1.10 bits per heavy atom. The first kappa shape index (κ1) is 14.4. The second-order valence-corrected chi connectivity index (χ2v) is 6.09. The molecule has 2 aromatic carbocycles. The van der Waals surface area contributed by atoms with Gasteiger partial charge in [0.05, 0.1) is 18.2 Å². The molecule has 0 aliphatic carbocycles. The standard InChI is InChI=1S/C15H13ClFNO2S/c16-10-7-12(18)15(8-11(10)17)21-9-2-3-13-14(6-9)20-5-1-4-19-13/h2-3,6-8H,1,4-5,18H2. The topological polar surface area (TPSA) is 44.5 Å². The number of nitrogen functional groups attached to an aromatic ring is 1. The van der Waals surface area contributed by atoms with Crippen molar-refractivity contribution in [1.29, 1.82) is 0 Å². The minimum atomic E-state index is -0.484. The van der Waals surface area contributed by atoms with Crippen LogP contribution in [0.3, 0.4) is 0 Å². The van der Waals surface area contributed by atoms with Gasteiger partial charge in [0, 0.05) is 21.9 Å². The molecule has 2 N–H and O–H groups in total. The van der Waals surface area contributed by atoms with Crippen LogP contribution < -0.4 is 15.2 Å². The van der Waals surface area contributed by atoms with Gasteiger partial charge in [-0.2, -0.15) is 0 Å². The Morgan fingerprint density at radius 3 is 2.67 bits per heavy atom. The van der Waals surface area contributed by atoms with Crippen molar-refractivity contribution in [2.75, 3.05) is 18.9 Å². The first-order chi connectivity index (χ1) is 10.1. The van der Waals surface area contributed by atoms with Crippen LogP contribution >= 0.6 is 23.4 Å². The van der Waals surface area contributed by atoms with Gasteiger partial charge in [0.25, 0.3) is 0 Å². The van der Waals surface area contributed by atoms with Crippen LogP contribution in [0.25, 0.3) is 0 Å². The summed E-state index contributed by atoms with van der Waals surface area (Å²) in [5.41, 5.74) is 6.32. The average molecular weight is 326 g/mol.